The Morgan fingerprint density at radius 2 is 2.05 bits per heavy atom. The van der Waals surface area contributed by atoms with Gasteiger partial charge in [-0.2, -0.15) is 0 Å². The average molecular weight is 273 g/mol. The highest BCUT2D eigenvalue weighted by Crippen LogP contribution is 2.11. The highest BCUT2D eigenvalue weighted by molar-refractivity contribution is 5.28. The highest BCUT2D eigenvalue weighted by atomic mass is 16.5. The van der Waals surface area contributed by atoms with E-state index in [9.17, 15) is 0 Å². The third kappa shape index (κ3) is 4.30. The van der Waals surface area contributed by atoms with Gasteiger partial charge in [-0.25, -0.2) is 4.98 Å². The van der Waals surface area contributed by atoms with Crippen molar-refractivity contribution in [2.75, 3.05) is 18.5 Å². The SMILES string of the molecule is CCCCNc1nc(C)cn1CCOc1ccccc1. The van der Waals surface area contributed by atoms with Crippen molar-refractivity contribution in [2.45, 2.75) is 33.2 Å². The Morgan fingerprint density at radius 1 is 1.25 bits per heavy atom. The van der Waals surface area contributed by atoms with E-state index in [0.717, 1.165) is 36.9 Å². The monoisotopic (exact) mass is 273 g/mol. The number of nitrogens with one attached hydrogen (secondary N) is 1. The van der Waals surface area contributed by atoms with Gasteiger partial charge in [0, 0.05) is 12.7 Å². The molecule has 0 saturated heterocycles. The maximum Gasteiger partial charge on any atom is 0.203 e. The standard InChI is InChI=1S/C16H23N3O/c1-3-4-10-17-16-18-14(2)13-19(16)11-12-20-15-8-6-5-7-9-15/h5-9,13H,3-4,10-12H2,1-2H3,(H,17,18). The Kier molecular flexibility index (Phi) is 5.47. The molecule has 1 N–H and O–H groups in total. The van der Waals surface area contributed by atoms with Crippen LogP contribution in [-0.2, 0) is 6.54 Å². The fraction of sp³-hybridized carbons (Fsp3) is 0.438. The molecule has 0 aliphatic heterocycles. The van der Waals surface area contributed by atoms with E-state index in [-0.39, 0.29) is 0 Å². The minimum Gasteiger partial charge on any atom is -0.492 e. The van der Waals surface area contributed by atoms with Gasteiger partial charge in [0.15, 0.2) is 0 Å². The molecule has 0 bridgehead atoms. The molecular weight excluding hydrogens is 250 g/mol. The maximum absolute atomic E-state index is 5.72. The summed E-state index contributed by atoms with van der Waals surface area (Å²) in [6.45, 7) is 6.60. The number of aryl methyl sites for hydroxylation is 1. The van der Waals surface area contributed by atoms with Crippen LogP contribution in [0.15, 0.2) is 36.5 Å². The van der Waals surface area contributed by atoms with E-state index < -0.39 is 0 Å². The number of benzene rings is 1. The van der Waals surface area contributed by atoms with E-state index >= 15 is 0 Å². The highest BCUT2D eigenvalue weighted by Gasteiger charge is 2.04. The molecule has 0 aliphatic carbocycles. The lowest BCUT2D eigenvalue weighted by Gasteiger charge is -2.10. The normalized spacial score (nSPS) is 10.5. The molecule has 0 fully saturated rings. The van der Waals surface area contributed by atoms with E-state index in [1.165, 1.54) is 6.42 Å². The van der Waals surface area contributed by atoms with Crippen LogP contribution < -0.4 is 10.1 Å². The van der Waals surface area contributed by atoms with Gasteiger partial charge in [0.05, 0.1) is 12.2 Å². The van der Waals surface area contributed by atoms with E-state index in [1.807, 2.05) is 37.3 Å². The van der Waals surface area contributed by atoms with Crippen LogP contribution in [-0.4, -0.2) is 22.7 Å². The van der Waals surface area contributed by atoms with Crippen LogP contribution in [0.1, 0.15) is 25.5 Å². The zero-order chi connectivity index (χ0) is 14.2. The number of unbranched alkanes of at least 4 members (excludes halogenated alkanes) is 1. The van der Waals surface area contributed by atoms with Crippen LogP contribution in [0.2, 0.25) is 0 Å². The van der Waals surface area contributed by atoms with Crippen LogP contribution >= 0.6 is 0 Å². The molecule has 0 unspecified atom stereocenters. The van der Waals surface area contributed by atoms with E-state index in [2.05, 4.69) is 28.0 Å². The largest absolute Gasteiger partial charge is 0.492 e. The summed E-state index contributed by atoms with van der Waals surface area (Å²) in [6.07, 6.45) is 4.40. The van der Waals surface area contributed by atoms with Gasteiger partial charge >= 0.3 is 0 Å². The molecule has 20 heavy (non-hydrogen) atoms. The maximum atomic E-state index is 5.72. The molecule has 0 aliphatic rings. The summed E-state index contributed by atoms with van der Waals surface area (Å²) in [5, 5.41) is 3.38. The van der Waals surface area contributed by atoms with E-state index in [4.69, 9.17) is 4.74 Å². The molecule has 0 spiro atoms. The minimum atomic E-state index is 0.641. The van der Waals surface area contributed by atoms with E-state index in [0.29, 0.717) is 6.61 Å². The van der Waals surface area contributed by atoms with Crippen molar-refractivity contribution < 1.29 is 4.74 Å². The van der Waals surface area contributed by atoms with E-state index in [1.54, 1.807) is 0 Å². The first-order valence-corrected chi connectivity index (χ1v) is 7.25. The van der Waals surface area contributed by atoms with Gasteiger partial charge in [-0.05, 0) is 25.5 Å². The summed E-state index contributed by atoms with van der Waals surface area (Å²) in [4.78, 5) is 4.50. The number of hydrogen-bond acceptors (Lipinski definition) is 3. The first-order valence-electron chi connectivity index (χ1n) is 7.25. The summed E-state index contributed by atoms with van der Waals surface area (Å²) in [7, 11) is 0. The molecular formula is C16H23N3O. The lowest BCUT2D eigenvalue weighted by Crippen LogP contribution is -2.12. The minimum absolute atomic E-state index is 0.641. The zero-order valence-electron chi connectivity index (χ0n) is 12.3. The molecule has 108 valence electrons. The summed E-state index contributed by atoms with van der Waals surface area (Å²) >= 11 is 0. The molecule has 0 atom stereocenters. The van der Waals surface area contributed by atoms with Gasteiger partial charge in [-0.15, -0.1) is 0 Å². The second-order valence-corrected chi connectivity index (χ2v) is 4.84. The number of ether oxygens (including phenoxy) is 1. The Morgan fingerprint density at radius 3 is 2.80 bits per heavy atom. The van der Waals surface area contributed by atoms with Crippen molar-refractivity contribution in [2.24, 2.45) is 0 Å². The van der Waals surface area contributed by atoms with Crippen molar-refractivity contribution in [1.82, 2.24) is 9.55 Å². The molecule has 4 nitrogen and oxygen atoms in total. The van der Waals surface area contributed by atoms with Crippen molar-refractivity contribution in [3.63, 3.8) is 0 Å². The molecule has 0 radical (unpaired) electrons. The van der Waals surface area contributed by atoms with Crippen molar-refractivity contribution in [3.8, 4) is 5.75 Å². The first-order chi connectivity index (χ1) is 9.79. The second kappa shape index (κ2) is 7.58. The van der Waals surface area contributed by atoms with Crippen LogP contribution in [0.3, 0.4) is 0 Å². The number of imidazole rings is 1. The molecule has 1 heterocycles. The predicted octanol–water partition coefficient (Wildman–Crippen LogP) is 3.48. The van der Waals surface area contributed by atoms with Gasteiger partial charge in [0.1, 0.15) is 12.4 Å². The molecule has 0 amide bonds. The smallest absolute Gasteiger partial charge is 0.203 e. The molecule has 2 aromatic rings. The van der Waals surface area contributed by atoms with Crippen molar-refractivity contribution >= 4 is 5.95 Å². The van der Waals surface area contributed by atoms with Crippen LogP contribution in [0.4, 0.5) is 5.95 Å². The third-order valence-corrected chi connectivity index (χ3v) is 3.05. The van der Waals surface area contributed by atoms with Crippen LogP contribution in [0, 0.1) is 6.92 Å². The number of nitrogens with zero attached hydrogens (tertiary/aromatic N) is 2. The summed E-state index contributed by atoms with van der Waals surface area (Å²) in [5.41, 5.74) is 1.03. The van der Waals surface area contributed by atoms with Gasteiger partial charge in [-0.3, -0.25) is 0 Å². The fourth-order valence-corrected chi connectivity index (χ4v) is 2.01. The average Bonchev–Trinajstić information content (AvgIpc) is 2.81. The summed E-state index contributed by atoms with van der Waals surface area (Å²) < 4.78 is 7.84. The first kappa shape index (κ1) is 14.4. The van der Waals surface area contributed by atoms with Gasteiger partial charge < -0.3 is 14.6 Å². The van der Waals surface area contributed by atoms with Gasteiger partial charge in [0.2, 0.25) is 5.95 Å². The molecule has 0 saturated carbocycles. The zero-order valence-corrected chi connectivity index (χ0v) is 12.3. The quantitative estimate of drug-likeness (QED) is 0.748. The lowest BCUT2D eigenvalue weighted by molar-refractivity contribution is 0.299. The Labute approximate surface area is 120 Å². The number of hydrogen-bond donors (Lipinski definition) is 1. The predicted molar refractivity (Wildman–Crippen MR) is 82.3 cm³/mol. The van der Waals surface area contributed by atoms with Crippen molar-refractivity contribution in [3.05, 3.63) is 42.2 Å². The summed E-state index contributed by atoms with van der Waals surface area (Å²) in [5.74, 6) is 1.84. The molecule has 4 heteroatoms. The second-order valence-electron chi connectivity index (χ2n) is 4.84. The van der Waals surface area contributed by atoms with Gasteiger partial charge in [-0.1, -0.05) is 31.5 Å². The number of anilines is 1. The Balaban J connectivity index is 1.85. The Hall–Kier alpha value is -1.97. The Bertz CT molecular complexity index is 508. The van der Waals surface area contributed by atoms with Gasteiger partial charge in [0.25, 0.3) is 0 Å². The third-order valence-electron chi connectivity index (χ3n) is 3.05. The number of rotatable bonds is 8. The topological polar surface area (TPSA) is 39.1 Å². The number of aromatic nitrogens is 2. The molecule has 1 aromatic carbocycles. The van der Waals surface area contributed by atoms with Crippen LogP contribution in [0.25, 0.3) is 0 Å². The lowest BCUT2D eigenvalue weighted by atomic mass is 10.3. The molecule has 1 aromatic heterocycles. The fourth-order valence-electron chi connectivity index (χ4n) is 2.01. The van der Waals surface area contributed by atoms with Crippen LogP contribution in [0.5, 0.6) is 5.75 Å². The van der Waals surface area contributed by atoms with Crippen molar-refractivity contribution in [1.29, 1.82) is 0 Å². The molecule has 2 rings (SSSR count). The summed E-state index contributed by atoms with van der Waals surface area (Å²) in [6, 6.07) is 9.89. The number of para-hydroxylation sites is 1.